The van der Waals surface area contributed by atoms with E-state index in [0.29, 0.717) is 36.6 Å². The lowest BCUT2D eigenvalue weighted by Gasteiger charge is -2.38. The summed E-state index contributed by atoms with van der Waals surface area (Å²) in [6, 6.07) is 14.4. The number of carbonyl (C=O) groups is 2. The topological polar surface area (TPSA) is 67.9 Å². The number of anilines is 1. The fourth-order valence-corrected chi connectivity index (χ4v) is 3.93. The van der Waals surface area contributed by atoms with E-state index in [1.807, 2.05) is 42.2 Å². The second-order valence-electron chi connectivity index (χ2n) is 7.52. The van der Waals surface area contributed by atoms with Crippen LogP contribution < -0.4 is 5.32 Å². The average molecular weight is 394 g/mol. The molecule has 6 nitrogen and oxygen atoms in total. The maximum Gasteiger partial charge on any atom is 0.255 e. The zero-order valence-corrected chi connectivity index (χ0v) is 16.6. The van der Waals surface area contributed by atoms with Crippen molar-refractivity contribution in [2.24, 2.45) is 0 Å². The molecule has 2 aromatic rings. The van der Waals surface area contributed by atoms with Crippen LogP contribution in [0.15, 0.2) is 48.5 Å². The van der Waals surface area contributed by atoms with Crippen molar-refractivity contribution >= 4 is 17.5 Å². The monoisotopic (exact) mass is 394 g/mol. The van der Waals surface area contributed by atoms with Gasteiger partial charge in [-0.2, -0.15) is 0 Å². The lowest BCUT2D eigenvalue weighted by Crippen LogP contribution is -2.50. The summed E-state index contributed by atoms with van der Waals surface area (Å²) in [5.41, 5.74) is 2.69. The van der Waals surface area contributed by atoms with Crippen LogP contribution in [0.4, 0.5) is 5.69 Å². The van der Waals surface area contributed by atoms with Gasteiger partial charge in [0, 0.05) is 23.4 Å². The van der Waals surface area contributed by atoms with Crippen LogP contribution in [0.25, 0.3) is 0 Å². The van der Waals surface area contributed by atoms with Gasteiger partial charge in [0.15, 0.2) is 6.29 Å². The van der Waals surface area contributed by atoms with Crippen LogP contribution in [0.1, 0.15) is 45.5 Å². The van der Waals surface area contributed by atoms with E-state index in [4.69, 9.17) is 9.47 Å². The quantitative estimate of drug-likeness (QED) is 0.860. The number of nitrogens with zero attached hydrogens (tertiary/aromatic N) is 1. The normalized spacial score (nSPS) is 19.9. The summed E-state index contributed by atoms with van der Waals surface area (Å²) in [4.78, 5) is 27.7. The highest BCUT2D eigenvalue weighted by atomic mass is 16.7. The Balaban J connectivity index is 1.54. The second-order valence-corrected chi connectivity index (χ2v) is 7.52. The zero-order valence-electron chi connectivity index (χ0n) is 16.6. The second kappa shape index (κ2) is 8.76. The number of carbonyl (C=O) groups excluding carboxylic acids is 2. The van der Waals surface area contributed by atoms with E-state index in [-0.39, 0.29) is 24.1 Å². The van der Waals surface area contributed by atoms with Gasteiger partial charge in [0.05, 0.1) is 19.3 Å². The van der Waals surface area contributed by atoms with Crippen LogP contribution in [0.5, 0.6) is 0 Å². The number of amides is 2. The molecule has 1 atom stereocenters. The predicted molar refractivity (Wildman–Crippen MR) is 110 cm³/mol. The Bertz CT molecular complexity index is 878. The van der Waals surface area contributed by atoms with Gasteiger partial charge in [0.25, 0.3) is 11.8 Å². The SMILES string of the molecule is Cc1ccc(C(=O)N2CCCCC2C2OCCO2)cc1NC(=O)c1ccccc1. The van der Waals surface area contributed by atoms with E-state index in [1.54, 1.807) is 18.2 Å². The molecule has 29 heavy (non-hydrogen) atoms. The van der Waals surface area contributed by atoms with Crippen molar-refractivity contribution in [3.63, 3.8) is 0 Å². The number of rotatable bonds is 4. The molecule has 152 valence electrons. The first-order valence-corrected chi connectivity index (χ1v) is 10.1. The van der Waals surface area contributed by atoms with E-state index >= 15 is 0 Å². The minimum atomic E-state index is -0.345. The van der Waals surface area contributed by atoms with Crippen molar-refractivity contribution in [3.8, 4) is 0 Å². The van der Waals surface area contributed by atoms with Gasteiger partial charge >= 0.3 is 0 Å². The molecule has 1 unspecified atom stereocenters. The zero-order chi connectivity index (χ0) is 20.2. The highest BCUT2D eigenvalue weighted by Gasteiger charge is 2.36. The van der Waals surface area contributed by atoms with Gasteiger partial charge in [-0.1, -0.05) is 24.3 Å². The molecule has 2 saturated heterocycles. The largest absolute Gasteiger partial charge is 0.348 e. The van der Waals surface area contributed by atoms with Gasteiger partial charge in [-0.15, -0.1) is 0 Å². The highest BCUT2D eigenvalue weighted by Crippen LogP contribution is 2.27. The number of ether oxygens (including phenoxy) is 2. The molecular formula is C23H26N2O4. The molecule has 0 saturated carbocycles. The Labute approximate surface area is 170 Å². The molecule has 2 aliphatic heterocycles. The Hall–Kier alpha value is -2.70. The van der Waals surface area contributed by atoms with Crippen LogP contribution in [0.2, 0.25) is 0 Å². The van der Waals surface area contributed by atoms with Crippen LogP contribution in [0, 0.1) is 6.92 Å². The predicted octanol–water partition coefficient (Wildman–Crippen LogP) is 3.61. The summed E-state index contributed by atoms with van der Waals surface area (Å²) in [5, 5.41) is 2.93. The molecule has 2 amide bonds. The molecule has 1 N–H and O–H groups in total. The van der Waals surface area contributed by atoms with Crippen molar-refractivity contribution in [2.75, 3.05) is 25.1 Å². The molecule has 2 aromatic carbocycles. The van der Waals surface area contributed by atoms with Crippen molar-refractivity contribution in [1.82, 2.24) is 4.90 Å². The molecule has 0 aromatic heterocycles. The number of likely N-dealkylation sites (tertiary alicyclic amines) is 1. The van der Waals surface area contributed by atoms with E-state index in [1.165, 1.54) is 0 Å². The van der Waals surface area contributed by atoms with Crippen molar-refractivity contribution in [3.05, 3.63) is 65.2 Å². The van der Waals surface area contributed by atoms with E-state index in [9.17, 15) is 9.59 Å². The first kappa shape index (κ1) is 19.6. The van der Waals surface area contributed by atoms with Crippen LogP contribution in [0.3, 0.4) is 0 Å². The summed E-state index contributed by atoms with van der Waals surface area (Å²) < 4.78 is 11.4. The van der Waals surface area contributed by atoms with Gasteiger partial charge < -0.3 is 19.7 Å². The van der Waals surface area contributed by atoms with Gasteiger partial charge in [0.2, 0.25) is 0 Å². The summed E-state index contributed by atoms with van der Waals surface area (Å²) in [5.74, 6) is -0.245. The third-order valence-electron chi connectivity index (χ3n) is 5.54. The first-order valence-electron chi connectivity index (χ1n) is 10.1. The molecule has 0 spiro atoms. The summed E-state index contributed by atoms with van der Waals surface area (Å²) >= 11 is 0. The molecule has 0 radical (unpaired) electrons. The smallest absolute Gasteiger partial charge is 0.255 e. The minimum absolute atomic E-state index is 0.0518. The first-order chi connectivity index (χ1) is 14.1. The number of piperidine rings is 1. The van der Waals surface area contributed by atoms with Crippen molar-refractivity contribution < 1.29 is 19.1 Å². The number of hydrogen-bond acceptors (Lipinski definition) is 4. The van der Waals surface area contributed by atoms with Crippen LogP contribution in [-0.4, -0.2) is 48.8 Å². The van der Waals surface area contributed by atoms with E-state index in [0.717, 1.165) is 24.8 Å². The van der Waals surface area contributed by atoms with Crippen molar-refractivity contribution in [2.45, 2.75) is 38.5 Å². The Morgan fingerprint density at radius 3 is 2.52 bits per heavy atom. The van der Waals surface area contributed by atoms with Gasteiger partial charge in [-0.05, 0) is 56.0 Å². The van der Waals surface area contributed by atoms with Gasteiger partial charge in [-0.25, -0.2) is 0 Å². The van der Waals surface area contributed by atoms with Crippen LogP contribution in [-0.2, 0) is 9.47 Å². The molecular weight excluding hydrogens is 368 g/mol. The fourth-order valence-electron chi connectivity index (χ4n) is 3.93. The Kier molecular flexibility index (Phi) is 5.92. The average Bonchev–Trinajstić information content (AvgIpc) is 3.30. The fraction of sp³-hybridized carbons (Fsp3) is 0.391. The molecule has 2 aliphatic rings. The Morgan fingerprint density at radius 2 is 1.76 bits per heavy atom. The van der Waals surface area contributed by atoms with Crippen LogP contribution >= 0.6 is 0 Å². The summed E-state index contributed by atoms with van der Waals surface area (Å²) in [6.07, 6.45) is 2.56. The van der Waals surface area contributed by atoms with E-state index in [2.05, 4.69) is 5.32 Å². The standard InChI is InChI=1S/C23H26N2O4/c1-16-10-11-18(15-19(16)24-21(26)17-7-3-2-4-8-17)22(27)25-12-6-5-9-20(25)23-28-13-14-29-23/h2-4,7-8,10-11,15,20,23H,5-6,9,12-14H2,1H3,(H,24,26). The highest BCUT2D eigenvalue weighted by molar-refractivity contribution is 6.05. The maximum atomic E-state index is 13.3. The molecule has 4 rings (SSSR count). The Morgan fingerprint density at radius 1 is 1.00 bits per heavy atom. The number of benzene rings is 2. The molecule has 6 heteroatoms. The summed E-state index contributed by atoms with van der Waals surface area (Å²) in [7, 11) is 0. The lowest BCUT2D eigenvalue weighted by atomic mass is 9.99. The third kappa shape index (κ3) is 4.33. The number of aryl methyl sites for hydroxylation is 1. The summed E-state index contributed by atoms with van der Waals surface area (Å²) in [6.45, 7) is 3.75. The molecule has 0 bridgehead atoms. The van der Waals surface area contributed by atoms with Gasteiger partial charge in [-0.3, -0.25) is 9.59 Å². The third-order valence-corrected chi connectivity index (χ3v) is 5.54. The minimum Gasteiger partial charge on any atom is -0.348 e. The van der Waals surface area contributed by atoms with Gasteiger partial charge in [0.1, 0.15) is 0 Å². The number of hydrogen-bond donors (Lipinski definition) is 1. The number of nitrogens with one attached hydrogen (secondary N) is 1. The van der Waals surface area contributed by atoms with Crippen molar-refractivity contribution in [1.29, 1.82) is 0 Å². The maximum absolute atomic E-state index is 13.3. The lowest BCUT2D eigenvalue weighted by molar-refractivity contribution is -0.100. The molecule has 2 heterocycles. The molecule has 2 fully saturated rings. The van der Waals surface area contributed by atoms with E-state index < -0.39 is 0 Å². The molecule has 0 aliphatic carbocycles.